The molecule has 0 radical (unpaired) electrons. The number of alkyl halides is 3. The summed E-state index contributed by atoms with van der Waals surface area (Å²) in [4.78, 5) is 5.37. The topological polar surface area (TPSA) is 42.2 Å². The SMILES string of the molecule is CN(CCC(F)(F)F)c1noc(-c2ccccc2)n1. The number of anilines is 1. The molecule has 1 heterocycles. The van der Waals surface area contributed by atoms with Gasteiger partial charge in [0.15, 0.2) is 0 Å². The smallest absolute Gasteiger partial charge is 0.341 e. The van der Waals surface area contributed by atoms with Crippen molar-refractivity contribution in [2.45, 2.75) is 12.6 Å². The standard InChI is InChI=1S/C12H12F3N3O/c1-18(8-7-12(13,14)15)11-16-10(19-17-11)9-5-3-2-4-6-9/h2-6H,7-8H2,1H3. The normalized spacial score (nSPS) is 11.6. The largest absolute Gasteiger partial charge is 0.390 e. The van der Waals surface area contributed by atoms with Crippen LogP contribution in [0.15, 0.2) is 34.9 Å². The van der Waals surface area contributed by atoms with Gasteiger partial charge in [-0.3, -0.25) is 0 Å². The fraction of sp³-hybridized carbons (Fsp3) is 0.333. The molecule has 0 aliphatic heterocycles. The average molecular weight is 271 g/mol. The van der Waals surface area contributed by atoms with Gasteiger partial charge in [0.05, 0.1) is 6.42 Å². The van der Waals surface area contributed by atoms with Crippen LogP contribution in [0.25, 0.3) is 11.5 Å². The van der Waals surface area contributed by atoms with E-state index in [1.807, 2.05) is 18.2 Å². The molecule has 102 valence electrons. The third-order valence-electron chi connectivity index (χ3n) is 2.51. The Morgan fingerprint density at radius 2 is 1.89 bits per heavy atom. The molecule has 4 nitrogen and oxygen atoms in total. The number of halogens is 3. The highest BCUT2D eigenvalue weighted by Crippen LogP contribution is 2.22. The molecule has 0 amide bonds. The molecule has 0 saturated carbocycles. The molecular formula is C12H12F3N3O. The van der Waals surface area contributed by atoms with Gasteiger partial charge in [0.25, 0.3) is 11.8 Å². The zero-order valence-corrected chi connectivity index (χ0v) is 10.2. The third-order valence-corrected chi connectivity index (χ3v) is 2.51. The van der Waals surface area contributed by atoms with Crippen LogP contribution in [0.1, 0.15) is 6.42 Å². The van der Waals surface area contributed by atoms with Gasteiger partial charge in [-0.1, -0.05) is 18.2 Å². The molecule has 2 rings (SSSR count). The summed E-state index contributed by atoms with van der Waals surface area (Å²) in [6.45, 7) is -0.211. The second kappa shape index (κ2) is 5.29. The molecule has 1 aromatic carbocycles. The minimum Gasteiger partial charge on any atom is -0.341 e. The molecule has 0 aliphatic rings. The van der Waals surface area contributed by atoms with Gasteiger partial charge in [0.2, 0.25) is 0 Å². The van der Waals surface area contributed by atoms with Crippen molar-refractivity contribution in [1.82, 2.24) is 10.1 Å². The molecule has 0 spiro atoms. The lowest BCUT2D eigenvalue weighted by Gasteiger charge is -2.14. The molecule has 19 heavy (non-hydrogen) atoms. The first-order chi connectivity index (χ1) is 8.96. The third kappa shape index (κ3) is 3.70. The van der Waals surface area contributed by atoms with E-state index >= 15 is 0 Å². The van der Waals surface area contributed by atoms with E-state index in [0.717, 1.165) is 5.56 Å². The van der Waals surface area contributed by atoms with Crippen LogP contribution in [0.4, 0.5) is 19.1 Å². The summed E-state index contributed by atoms with van der Waals surface area (Å²) in [6, 6.07) is 9.04. The van der Waals surface area contributed by atoms with Crippen molar-refractivity contribution in [2.24, 2.45) is 0 Å². The van der Waals surface area contributed by atoms with Crippen LogP contribution in [0.2, 0.25) is 0 Å². The number of hydrogen-bond acceptors (Lipinski definition) is 4. The molecule has 7 heteroatoms. The van der Waals surface area contributed by atoms with E-state index < -0.39 is 12.6 Å². The lowest BCUT2D eigenvalue weighted by Crippen LogP contribution is -2.24. The lowest BCUT2D eigenvalue weighted by atomic mass is 10.2. The number of nitrogens with zero attached hydrogens (tertiary/aromatic N) is 3. The van der Waals surface area contributed by atoms with Gasteiger partial charge in [0.1, 0.15) is 0 Å². The number of rotatable bonds is 4. The predicted octanol–water partition coefficient (Wildman–Crippen LogP) is 3.13. The second-order valence-electron chi connectivity index (χ2n) is 4.05. The molecular weight excluding hydrogens is 259 g/mol. The van der Waals surface area contributed by atoms with Crippen molar-refractivity contribution >= 4 is 5.95 Å². The maximum atomic E-state index is 12.1. The highest BCUT2D eigenvalue weighted by atomic mass is 19.4. The summed E-state index contributed by atoms with van der Waals surface area (Å²) in [6.07, 6.45) is -5.11. The minimum absolute atomic E-state index is 0.142. The summed E-state index contributed by atoms with van der Waals surface area (Å²) < 4.78 is 41.4. The monoisotopic (exact) mass is 271 g/mol. The van der Waals surface area contributed by atoms with Crippen molar-refractivity contribution in [1.29, 1.82) is 0 Å². The number of hydrogen-bond donors (Lipinski definition) is 0. The number of aromatic nitrogens is 2. The minimum atomic E-state index is -4.19. The quantitative estimate of drug-likeness (QED) is 0.856. The van der Waals surface area contributed by atoms with Crippen molar-refractivity contribution < 1.29 is 17.7 Å². The van der Waals surface area contributed by atoms with E-state index in [1.54, 1.807) is 12.1 Å². The van der Waals surface area contributed by atoms with E-state index in [2.05, 4.69) is 10.1 Å². The predicted molar refractivity (Wildman–Crippen MR) is 63.7 cm³/mol. The van der Waals surface area contributed by atoms with Gasteiger partial charge >= 0.3 is 6.18 Å². The van der Waals surface area contributed by atoms with Gasteiger partial charge in [-0.25, -0.2) is 0 Å². The van der Waals surface area contributed by atoms with Crippen molar-refractivity contribution in [3.8, 4) is 11.5 Å². The van der Waals surface area contributed by atoms with Crippen LogP contribution in [0.3, 0.4) is 0 Å². The molecule has 0 atom stereocenters. The second-order valence-corrected chi connectivity index (χ2v) is 4.05. The van der Waals surface area contributed by atoms with Crippen LogP contribution in [0.5, 0.6) is 0 Å². The zero-order chi connectivity index (χ0) is 13.9. The zero-order valence-electron chi connectivity index (χ0n) is 10.2. The average Bonchev–Trinajstić information content (AvgIpc) is 2.86. The van der Waals surface area contributed by atoms with Crippen molar-refractivity contribution in [3.05, 3.63) is 30.3 Å². The molecule has 0 aliphatic carbocycles. The fourth-order valence-electron chi connectivity index (χ4n) is 1.46. The van der Waals surface area contributed by atoms with Crippen LogP contribution < -0.4 is 4.90 Å². The van der Waals surface area contributed by atoms with Crippen LogP contribution >= 0.6 is 0 Å². The van der Waals surface area contributed by atoms with Gasteiger partial charge in [-0.05, 0) is 17.3 Å². The van der Waals surface area contributed by atoms with Crippen molar-refractivity contribution in [2.75, 3.05) is 18.5 Å². The van der Waals surface area contributed by atoms with E-state index in [0.29, 0.717) is 0 Å². The van der Waals surface area contributed by atoms with Gasteiger partial charge in [-0.2, -0.15) is 18.2 Å². The Hall–Kier alpha value is -2.05. The summed E-state index contributed by atoms with van der Waals surface area (Å²) in [5.41, 5.74) is 0.727. The van der Waals surface area contributed by atoms with Gasteiger partial charge in [-0.15, -0.1) is 0 Å². The van der Waals surface area contributed by atoms with Crippen LogP contribution in [-0.2, 0) is 0 Å². The summed E-state index contributed by atoms with van der Waals surface area (Å²) in [5.74, 6) is 0.428. The van der Waals surface area contributed by atoms with Gasteiger partial charge in [0, 0.05) is 19.2 Å². The first kappa shape index (κ1) is 13.4. The molecule has 0 N–H and O–H groups in total. The highest BCUT2D eigenvalue weighted by Gasteiger charge is 2.28. The molecule has 0 unspecified atom stereocenters. The Kier molecular flexibility index (Phi) is 3.73. The Balaban J connectivity index is 2.05. The fourth-order valence-corrected chi connectivity index (χ4v) is 1.46. The first-order valence-corrected chi connectivity index (χ1v) is 5.63. The van der Waals surface area contributed by atoms with Crippen LogP contribution in [-0.4, -0.2) is 29.9 Å². The Bertz CT molecular complexity index is 525. The Morgan fingerprint density at radius 1 is 1.21 bits per heavy atom. The molecule has 0 saturated heterocycles. The Labute approximate surface area is 107 Å². The van der Waals surface area contributed by atoms with Crippen molar-refractivity contribution in [3.63, 3.8) is 0 Å². The summed E-state index contributed by atoms with van der Waals surface area (Å²) in [7, 11) is 1.49. The molecule has 0 fully saturated rings. The highest BCUT2D eigenvalue weighted by molar-refractivity contribution is 5.53. The number of benzene rings is 1. The van der Waals surface area contributed by atoms with E-state index in [1.165, 1.54) is 11.9 Å². The van der Waals surface area contributed by atoms with E-state index in [4.69, 9.17) is 4.52 Å². The lowest BCUT2D eigenvalue weighted by molar-refractivity contribution is -0.132. The summed E-state index contributed by atoms with van der Waals surface area (Å²) in [5, 5.41) is 3.67. The summed E-state index contributed by atoms with van der Waals surface area (Å²) >= 11 is 0. The molecule has 2 aromatic rings. The Morgan fingerprint density at radius 3 is 2.53 bits per heavy atom. The maximum absolute atomic E-state index is 12.1. The van der Waals surface area contributed by atoms with E-state index in [-0.39, 0.29) is 18.4 Å². The van der Waals surface area contributed by atoms with Crippen LogP contribution in [0, 0.1) is 0 Å². The maximum Gasteiger partial charge on any atom is 0.390 e. The van der Waals surface area contributed by atoms with E-state index in [9.17, 15) is 13.2 Å². The first-order valence-electron chi connectivity index (χ1n) is 5.63. The van der Waals surface area contributed by atoms with Gasteiger partial charge < -0.3 is 9.42 Å². The molecule has 1 aromatic heterocycles. The molecule has 0 bridgehead atoms.